The molecule has 0 unspecified atom stereocenters. The molecule has 0 aliphatic rings. The van der Waals surface area contributed by atoms with Gasteiger partial charge in [0.1, 0.15) is 11.6 Å². The van der Waals surface area contributed by atoms with E-state index in [0.29, 0.717) is 5.56 Å². The standard InChI is InChI=1S/C17H18N2O4/c1-11-3-5-13(6-4-11)15(20)7-8-17(22)23-10-16(21)14(9-18)12(2)19/h3-6H,7-8,10,19H2,1-2H3. The molecule has 0 radical (unpaired) electrons. The van der Waals surface area contributed by atoms with Gasteiger partial charge in [-0.25, -0.2) is 0 Å². The Hall–Kier alpha value is -2.94. The Morgan fingerprint density at radius 2 is 1.78 bits per heavy atom. The van der Waals surface area contributed by atoms with Crippen LogP contribution in [0.15, 0.2) is 35.5 Å². The number of Topliss-reactive ketones (excluding diaryl/α,β-unsaturated/α-hetero) is 2. The summed E-state index contributed by atoms with van der Waals surface area (Å²) in [4.78, 5) is 35.1. The van der Waals surface area contributed by atoms with Gasteiger partial charge in [-0.15, -0.1) is 0 Å². The number of benzene rings is 1. The van der Waals surface area contributed by atoms with Crippen LogP contribution >= 0.6 is 0 Å². The maximum absolute atomic E-state index is 11.9. The van der Waals surface area contributed by atoms with Crippen molar-refractivity contribution in [1.82, 2.24) is 0 Å². The normalized spacial score (nSPS) is 11.2. The fraction of sp³-hybridized carbons (Fsp3) is 0.294. The van der Waals surface area contributed by atoms with E-state index in [2.05, 4.69) is 0 Å². The summed E-state index contributed by atoms with van der Waals surface area (Å²) < 4.78 is 4.76. The molecule has 0 heterocycles. The van der Waals surface area contributed by atoms with Crippen LogP contribution in [0.5, 0.6) is 0 Å². The average Bonchev–Trinajstić information content (AvgIpc) is 2.51. The number of nitrogens with two attached hydrogens (primary N) is 1. The monoisotopic (exact) mass is 314 g/mol. The lowest BCUT2D eigenvalue weighted by molar-refractivity contribution is -0.147. The smallest absolute Gasteiger partial charge is 0.306 e. The molecule has 23 heavy (non-hydrogen) atoms. The molecule has 0 fully saturated rings. The van der Waals surface area contributed by atoms with E-state index in [4.69, 9.17) is 15.7 Å². The van der Waals surface area contributed by atoms with Gasteiger partial charge in [0.25, 0.3) is 0 Å². The van der Waals surface area contributed by atoms with E-state index in [1.165, 1.54) is 6.92 Å². The van der Waals surface area contributed by atoms with Crippen LogP contribution in [0.2, 0.25) is 0 Å². The van der Waals surface area contributed by atoms with Crippen LogP contribution in [0.4, 0.5) is 0 Å². The van der Waals surface area contributed by atoms with Gasteiger partial charge in [0.2, 0.25) is 5.78 Å². The van der Waals surface area contributed by atoms with Crippen molar-refractivity contribution in [3.8, 4) is 6.07 Å². The fourth-order valence-electron chi connectivity index (χ4n) is 1.76. The molecule has 6 nitrogen and oxygen atoms in total. The van der Waals surface area contributed by atoms with E-state index in [9.17, 15) is 14.4 Å². The highest BCUT2D eigenvalue weighted by atomic mass is 16.5. The van der Waals surface area contributed by atoms with Gasteiger partial charge in [0.15, 0.2) is 12.4 Å². The van der Waals surface area contributed by atoms with Crippen molar-refractivity contribution in [2.75, 3.05) is 6.61 Å². The molecule has 0 aromatic heterocycles. The summed E-state index contributed by atoms with van der Waals surface area (Å²) in [5.74, 6) is -1.51. The first-order chi connectivity index (χ1) is 10.8. The van der Waals surface area contributed by atoms with E-state index in [0.717, 1.165) is 5.56 Å². The van der Waals surface area contributed by atoms with Crippen molar-refractivity contribution < 1.29 is 19.1 Å². The third kappa shape index (κ3) is 5.75. The molecule has 6 heteroatoms. The first kappa shape index (κ1) is 18.1. The summed E-state index contributed by atoms with van der Waals surface area (Å²) in [5, 5.41) is 8.76. The Balaban J connectivity index is 2.45. The Bertz CT molecular complexity index is 678. The van der Waals surface area contributed by atoms with Crippen LogP contribution in [0, 0.1) is 18.3 Å². The zero-order chi connectivity index (χ0) is 17.4. The van der Waals surface area contributed by atoms with Gasteiger partial charge in [-0.05, 0) is 13.8 Å². The minimum Gasteiger partial charge on any atom is -0.457 e. The van der Waals surface area contributed by atoms with E-state index in [-0.39, 0.29) is 29.9 Å². The van der Waals surface area contributed by atoms with Gasteiger partial charge in [-0.3, -0.25) is 14.4 Å². The number of nitrogens with zero attached hydrogens (tertiary/aromatic N) is 1. The van der Waals surface area contributed by atoms with E-state index in [1.807, 2.05) is 19.1 Å². The molecule has 1 aromatic rings. The van der Waals surface area contributed by atoms with Gasteiger partial charge in [-0.1, -0.05) is 29.8 Å². The predicted octanol–water partition coefficient (Wildman–Crippen LogP) is 1.83. The molecule has 0 spiro atoms. The maximum atomic E-state index is 11.9. The largest absolute Gasteiger partial charge is 0.457 e. The molecule has 0 saturated carbocycles. The van der Waals surface area contributed by atoms with Gasteiger partial charge in [0, 0.05) is 17.7 Å². The van der Waals surface area contributed by atoms with Gasteiger partial charge in [0.05, 0.1) is 6.42 Å². The van der Waals surface area contributed by atoms with Crippen LogP contribution in [0.25, 0.3) is 0 Å². The Kier molecular flexibility index (Phi) is 6.68. The Morgan fingerprint density at radius 1 is 1.17 bits per heavy atom. The minimum absolute atomic E-state index is 0.00700. The predicted molar refractivity (Wildman–Crippen MR) is 83.2 cm³/mol. The molecular formula is C17H18N2O4. The second kappa shape index (κ2) is 8.49. The maximum Gasteiger partial charge on any atom is 0.306 e. The summed E-state index contributed by atoms with van der Waals surface area (Å²) in [6, 6.07) is 8.68. The van der Waals surface area contributed by atoms with Crippen molar-refractivity contribution >= 4 is 17.5 Å². The molecule has 0 aliphatic heterocycles. The summed E-state index contributed by atoms with van der Waals surface area (Å²) in [7, 11) is 0. The number of esters is 1. The quantitative estimate of drug-likeness (QED) is 0.356. The lowest BCUT2D eigenvalue weighted by Gasteiger charge is -2.05. The number of carbonyl (C=O) groups is 3. The zero-order valence-corrected chi connectivity index (χ0v) is 13.1. The van der Waals surface area contributed by atoms with E-state index < -0.39 is 18.4 Å². The highest BCUT2D eigenvalue weighted by Gasteiger charge is 2.15. The number of ether oxygens (including phenoxy) is 1. The van der Waals surface area contributed by atoms with Crippen LogP contribution in [0.3, 0.4) is 0 Å². The first-order valence-corrected chi connectivity index (χ1v) is 7.00. The van der Waals surface area contributed by atoms with Crippen molar-refractivity contribution in [1.29, 1.82) is 5.26 Å². The molecule has 0 amide bonds. The third-order valence-electron chi connectivity index (χ3n) is 3.08. The minimum atomic E-state index is -0.675. The topological polar surface area (TPSA) is 110 Å². The van der Waals surface area contributed by atoms with Crippen LogP contribution in [-0.2, 0) is 14.3 Å². The lowest BCUT2D eigenvalue weighted by Crippen LogP contribution is -2.18. The summed E-state index contributed by atoms with van der Waals surface area (Å²) in [6.45, 7) is 2.77. The molecule has 1 rings (SSSR count). The van der Waals surface area contributed by atoms with Crippen molar-refractivity contribution in [3.63, 3.8) is 0 Å². The van der Waals surface area contributed by atoms with Crippen molar-refractivity contribution in [2.24, 2.45) is 5.73 Å². The number of aryl methyl sites for hydroxylation is 1. The van der Waals surface area contributed by atoms with Gasteiger partial charge >= 0.3 is 5.97 Å². The molecule has 0 aliphatic carbocycles. The zero-order valence-electron chi connectivity index (χ0n) is 13.1. The molecule has 2 N–H and O–H groups in total. The lowest BCUT2D eigenvalue weighted by atomic mass is 10.1. The van der Waals surface area contributed by atoms with Crippen LogP contribution in [-0.4, -0.2) is 24.1 Å². The van der Waals surface area contributed by atoms with Gasteiger partial charge < -0.3 is 10.5 Å². The number of allylic oxidation sites excluding steroid dienone is 1. The highest BCUT2D eigenvalue weighted by Crippen LogP contribution is 2.08. The van der Waals surface area contributed by atoms with Crippen LogP contribution in [0.1, 0.15) is 35.7 Å². The molecule has 0 atom stereocenters. The first-order valence-electron chi connectivity index (χ1n) is 7.00. The molecule has 0 bridgehead atoms. The second-order valence-electron chi connectivity index (χ2n) is 5.04. The summed E-state index contributed by atoms with van der Waals surface area (Å²) >= 11 is 0. The fourth-order valence-corrected chi connectivity index (χ4v) is 1.76. The SMILES string of the molecule is CC(N)=C(C#N)C(=O)COC(=O)CCC(=O)c1ccc(C)cc1. The molecule has 120 valence electrons. The van der Waals surface area contributed by atoms with Crippen molar-refractivity contribution in [3.05, 3.63) is 46.7 Å². The third-order valence-corrected chi connectivity index (χ3v) is 3.08. The Morgan fingerprint density at radius 3 is 2.30 bits per heavy atom. The summed E-state index contributed by atoms with van der Waals surface area (Å²) in [6.07, 6.45) is -0.139. The van der Waals surface area contributed by atoms with E-state index >= 15 is 0 Å². The van der Waals surface area contributed by atoms with Crippen molar-refractivity contribution in [2.45, 2.75) is 26.7 Å². The number of rotatable bonds is 7. The second-order valence-corrected chi connectivity index (χ2v) is 5.04. The molecule has 1 aromatic carbocycles. The van der Waals surface area contributed by atoms with Crippen LogP contribution < -0.4 is 5.73 Å². The van der Waals surface area contributed by atoms with E-state index in [1.54, 1.807) is 18.2 Å². The number of hydrogen-bond donors (Lipinski definition) is 1. The molecule has 0 saturated heterocycles. The number of nitriles is 1. The Labute approximate surface area is 134 Å². The number of carbonyl (C=O) groups excluding carboxylic acids is 3. The molecular weight excluding hydrogens is 296 g/mol. The average molecular weight is 314 g/mol. The highest BCUT2D eigenvalue weighted by molar-refractivity contribution is 6.01. The van der Waals surface area contributed by atoms with Gasteiger partial charge in [-0.2, -0.15) is 5.26 Å². The summed E-state index contributed by atoms with van der Waals surface area (Å²) in [5.41, 5.74) is 6.78. The number of hydrogen-bond acceptors (Lipinski definition) is 6. The number of ketones is 2.